The number of hydrogen-bond donors (Lipinski definition) is 4. The third-order valence-electron chi connectivity index (χ3n) is 1.63. The van der Waals surface area contributed by atoms with Gasteiger partial charge in [-0.1, -0.05) is 0 Å². The van der Waals surface area contributed by atoms with E-state index in [1.165, 1.54) is 0 Å². The van der Waals surface area contributed by atoms with Crippen LogP contribution in [0.25, 0.3) is 0 Å². The number of rotatable bonds is 5. The summed E-state index contributed by atoms with van der Waals surface area (Å²) in [6.45, 7) is 1.21. The molecule has 1 amide bonds. The number of carbonyl (C=O) groups is 1. The van der Waals surface area contributed by atoms with Crippen molar-refractivity contribution in [2.75, 3.05) is 18.8 Å². The zero-order valence-corrected chi connectivity index (χ0v) is 7.79. The SMILES string of the molecule is NCCCCNC(=O)c1nc(N)n[nH]1. The van der Waals surface area contributed by atoms with Crippen LogP contribution in [0.2, 0.25) is 0 Å². The molecule has 78 valence electrons. The highest BCUT2D eigenvalue weighted by atomic mass is 16.2. The molecule has 0 unspecified atom stereocenters. The van der Waals surface area contributed by atoms with E-state index >= 15 is 0 Å². The summed E-state index contributed by atoms with van der Waals surface area (Å²) in [6, 6.07) is 0. The minimum absolute atomic E-state index is 0.0668. The van der Waals surface area contributed by atoms with Gasteiger partial charge in [-0.25, -0.2) is 0 Å². The number of nitrogens with one attached hydrogen (secondary N) is 2. The van der Waals surface area contributed by atoms with Gasteiger partial charge in [0.1, 0.15) is 0 Å². The molecule has 6 N–H and O–H groups in total. The Morgan fingerprint density at radius 1 is 1.50 bits per heavy atom. The van der Waals surface area contributed by atoms with Gasteiger partial charge >= 0.3 is 0 Å². The Bertz CT molecular complexity index is 296. The third kappa shape index (κ3) is 3.02. The average molecular weight is 198 g/mol. The number of aromatic nitrogens is 3. The second kappa shape index (κ2) is 5.18. The molecule has 0 aromatic carbocycles. The van der Waals surface area contributed by atoms with Crippen molar-refractivity contribution in [2.45, 2.75) is 12.8 Å². The maximum Gasteiger partial charge on any atom is 0.288 e. The monoisotopic (exact) mass is 198 g/mol. The molecule has 0 aliphatic carbocycles. The largest absolute Gasteiger partial charge is 0.366 e. The standard InChI is InChI=1S/C7H14N6O/c8-3-1-2-4-10-6(14)5-11-7(9)13-12-5/h1-4,8H2,(H,10,14)(H3,9,11,12,13). The molecule has 7 heteroatoms. The van der Waals surface area contributed by atoms with Gasteiger partial charge in [0.15, 0.2) is 0 Å². The fraction of sp³-hybridized carbons (Fsp3) is 0.571. The summed E-state index contributed by atoms with van der Waals surface area (Å²) < 4.78 is 0. The molecule has 1 aromatic rings. The lowest BCUT2D eigenvalue weighted by molar-refractivity contribution is 0.0943. The van der Waals surface area contributed by atoms with Crippen LogP contribution >= 0.6 is 0 Å². The summed E-state index contributed by atoms with van der Waals surface area (Å²) in [5, 5.41) is 8.63. The normalized spacial score (nSPS) is 10.1. The minimum atomic E-state index is -0.300. The van der Waals surface area contributed by atoms with Gasteiger partial charge in [0.2, 0.25) is 11.8 Å². The third-order valence-corrected chi connectivity index (χ3v) is 1.63. The predicted octanol–water partition coefficient (Wildman–Crippen LogP) is -1.14. The van der Waals surface area contributed by atoms with E-state index in [2.05, 4.69) is 20.5 Å². The van der Waals surface area contributed by atoms with Crippen molar-refractivity contribution in [3.63, 3.8) is 0 Å². The molecule has 1 heterocycles. The molecule has 0 spiro atoms. The Hall–Kier alpha value is -1.63. The molecule has 1 aromatic heterocycles. The fourth-order valence-corrected chi connectivity index (χ4v) is 0.931. The topological polar surface area (TPSA) is 123 Å². The van der Waals surface area contributed by atoms with Gasteiger partial charge in [-0.05, 0) is 19.4 Å². The Balaban J connectivity index is 2.29. The van der Waals surface area contributed by atoms with Crippen LogP contribution in [0, 0.1) is 0 Å². The number of aromatic amines is 1. The summed E-state index contributed by atoms with van der Waals surface area (Å²) in [5.41, 5.74) is 10.5. The summed E-state index contributed by atoms with van der Waals surface area (Å²) in [5.74, 6) is -0.0985. The van der Waals surface area contributed by atoms with Crippen molar-refractivity contribution in [1.29, 1.82) is 0 Å². The van der Waals surface area contributed by atoms with Crippen molar-refractivity contribution in [1.82, 2.24) is 20.5 Å². The lowest BCUT2D eigenvalue weighted by Crippen LogP contribution is -2.26. The van der Waals surface area contributed by atoms with Crippen molar-refractivity contribution >= 4 is 11.9 Å². The first-order valence-corrected chi connectivity index (χ1v) is 4.40. The van der Waals surface area contributed by atoms with Crippen LogP contribution in [0.5, 0.6) is 0 Å². The highest BCUT2D eigenvalue weighted by Crippen LogP contribution is 1.92. The number of unbranched alkanes of at least 4 members (excludes halogenated alkanes) is 1. The van der Waals surface area contributed by atoms with E-state index in [4.69, 9.17) is 11.5 Å². The van der Waals surface area contributed by atoms with E-state index in [-0.39, 0.29) is 17.7 Å². The Morgan fingerprint density at radius 3 is 2.86 bits per heavy atom. The first-order valence-electron chi connectivity index (χ1n) is 4.40. The smallest absolute Gasteiger partial charge is 0.288 e. The van der Waals surface area contributed by atoms with Crippen LogP contribution in [-0.4, -0.2) is 34.2 Å². The second-order valence-electron chi connectivity index (χ2n) is 2.79. The quantitative estimate of drug-likeness (QED) is 0.445. The van der Waals surface area contributed by atoms with Crippen LogP contribution in [0.15, 0.2) is 0 Å². The lowest BCUT2D eigenvalue weighted by atomic mass is 10.3. The molecule has 1 rings (SSSR count). The molecule has 0 aliphatic heterocycles. The molecule has 0 radical (unpaired) electrons. The van der Waals surface area contributed by atoms with E-state index in [1.807, 2.05) is 0 Å². The Labute approximate surface area is 81.3 Å². The first kappa shape index (κ1) is 10.5. The maximum absolute atomic E-state index is 11.3. The molecule has 0 saturated carbocycles. The molecular weight excluding hydrogens is 184 g/mol. The van der Waals surface area contributed by atoms with E-state index < -0.39 is 0 Å². The number of H-pyrrole nitrogens is 1. The molecule has 0 atom stereocenters. The zero-order chi connectivity index (χ0) is 10.4. The van der Waals surface area contributed by atoms with Crippen molar-refractivity contribution < 1.29 is 4.79 Å². The molecule has 7 nitrogen and oxygen atoms in total. The van der Waals surface area contributed by atoms with Crippen LogP contribution in [-0.2, 0) is 0 Å². The lowest BCUT2D eigenvalue weighted by Gasteiger charge is -2.00. The van der Waals surface area contributed by atoms with E-state index in [9.17, 15) is 4.79 Å². The van der Waals surface area contributed by atoms with Gasteiger partial charge in [-0.3, -0.25) is 9.89 Å². The van der Waals surface area contributed by atoms with Crippen LogP contribution < -0.4 is 16.8 Å². The van der Waals surface area contributed by atoms with Crippen molar-refractivity contribution in [2.24, 2.45) is 5.73 Å². The number of anilines is 1. The number of carbonyl (C=O) groups excluding carboxylic acids is 1. The number of nitrogen functional groups attached to an aromatic ring is 1. The van der Waals surface area contributed by atoms with Gasteiger partial charge in [0.25, 0.3) is 5.91 Å². The Morgan fingerprint density at radius 2 is 2.29 bits per heavy atom. The molecule has 0 aliphatic rings. The van der Waals surface area contributed by atoms with Gasteiger partial charge in [-0.2, -0.15) is 4.98 Å². The van der Waals surface area contributed by atoms with Crippen molar-refractivity contribution in [3.05, 3.63) is 5.82 Å². The zero-order valence-electron chi connectivity index (χ0n) is 7.79. The molecular formula is C7H14N6O. The minimum Gasteiger partial charge on any atom is -0.366 e. The van der Waals surface area contributed by atoms with Gasteiger partial charge in [0, 0.05) is 6.54 Å². The highest BCUT2D eigenvalue weighted by molar-refractivity contribution is 5.90. The summed E-state index contributed by atoms with van der Waals surface area (Å²) in [7, 11) is 0. The predicted molar refractivity (Wildman–Crippen MR) is 51.4 cm³/mol. The van der Waals surface area contributed by atoms with E-state index in [1.54, 1.807) is 0 Å². The summed E-state index contributed by atoms with van der Waals surface area (Å²) >= 11 is 0. The fourth-order valence-electron chi connectivity index (χ4n) is 0.931. The number of amides is 1. The van der Waals surface area contributed by atoms with Crippen LogP contribution in [0.3, 0.4) is 0 Å². The van der Waals surface area contributed by atoms with Gasteiger partial charge in [0.05, 0.1) is 0 Å². The summed E-state index contributed by atoms with van der Waals surface area (Å²) in [4.78, 5) is 15.0. The number of nitrogens with zero attached hydrogens (tertiary/aromatic N) is 2. The average Bonchev–Trinajstić information content (AvgIpc) is 2.59. The molecule has 14 heavy (non-hydrogen) atoms. The van der Waals surface area contributed by atoms with Crippen molar-refractivity contribution in [3.8, 4) is 0 Å². The number of nitrogens with two attached hydrogens (primary N) is 2. The second-order valence-corrected chi connectivity index (χ2v) is 2.79. The molecule has 0 fully saturated rings. The van der Waals surface area contributed by atoms with Crippen LogP contribution in [0.4, 0.5) is 5.95 Å². The van der Waals surface area contributed by atoms with Crippen LogP contribution in [0.1, 0.15) is 23.5 Å². The molecule has 0 saturated heterocycles. The maximum atomic E-state index is 11.3. The number of hydrogen-bond acceptors (Lipinski definition) is 5. The van der Waals surface area contributed by atoms with E-state index in [0.717, 1.165) is 12.8 Å². The summed E-state index contributed by atoms with van der Waals surface area (Å²) in [6.07, 6.45) is 1.74. The van der Waals surface area contributed by atoms with Gasteiger partial charge < -0.3 is 16.8 Å². The van der Waals surface area contributed by atoms with E-state index in [0.29, 0.717) is 13.1 Å². The van der Waals surface area contributed by atoms with Gasteiger partial charge in [-0.15, -0.1) is 5.10 Å². The Kier molecular flexibility index (Phi) is 3.86. The molecule has 0 bridgehead atoms. The first-order chi connectivity index (χ1) is 6.74. The highest BCUT2D eigenvalue weighted by Gasteiger charge is 2.08.